The number of nitrogen functional groups attached to an aromatic ring is 1. The first-order chi connectivity index (χ1) is 17.7. The van der Waals surface area contributed by atoms with E-state index in [2.05, 4.69) is 4.98 Å². The largest absolute Gasteiger partial charge is 0.485 e. The molecule has 3 aromatic rings. The Bertz CT molecular complexity index is 1400. The van der Waals surface area contributed by atoms with Crippen LogP contribution in [0.1, 0.15) is 19.4 Å². The second-order valence-electron chi connectivity index (χ2n) is 8.94. The van der Waals surface area contributed by atoms with Gasteiger partial charge >= 0.3 is 11.7 Å². The molecule has 4 rings (SSSR count). The SMILES string of the molecule is CC(C)CN(C(=O)COC(=O)[C@H]1COc2ccccc2O1)c1c(N)n(Cc2ccccc2)c(=O)[nH]c1=O. The van der Waals surface area contributed by atoms with Crippen molar-refractivity contribution < 1.29 is 23.8 Å². The van der Waals surface area contributed by atoms with E-state index in [0.29, 0.717) is 11.5 Å². The molecule has 194 valence electrons. The van der Waals surface area contributed by atoms with E-state index >= 15 is 0 Å². The maximum absolute atomic E-state index is 13.2. The van der Waals surface area contributed by atoms with E-state index in [1.165, 1.54) is 4.57 Å². The number of aromatic nitrogens is 2. The number of carbonyl (C=O) groups excluding carboxylic acids is 2. The van der Waals surface area contributed by atoms with E-state index in [0.717, 1.165) is 10.5 Å². The van der Waals surface area contributed by atoms with Crippen molar-refractivity contribution in [2.45, 2.75) is 26.5 Å². The van der Waals surface area contributed by atoms with Gasteiger partial charge in [0.25, 0.3) is 11.5 Å². The lowest BCUT2D eigenvalue weighted by Crippen LogP contribution is -2.45. The fourth-order valence-electron chi connectivity index (χ4n) is 3.88. The molecule has 37 heavy (non-hydrogen) atoms. The Morgan fingerprint density at radius 2 is 1.78 bits per heavy atom. The summed E-state index contributed by atoms with van der Waals surface area (Å²) in [6.45, 7) is 3.15. The van der Waals surface area contributed by atoms with Crippen LogP contribution in [0.5, 0.6) is 11.5 Å². The molecule has 0 fully saturated rings. The van der Waals surface area contributed by atoms with Gasteiger partial charge in [-0.1, -0.05) is 56.3 Å². The fraction of sp³-hybridized carbons (Fsp3) is 0.308. The summed E-state index contributed by atoms with van der Waals surface area (Å²) in [7, 11) is 0. The van der Waals surface area contributed by atoms with Crippen LogP contribution in [0.3, 0.4) is 0 Å². The average molecular weight is 509 g/mol. The zero-order valence-electron chi connectivity index (χ0n) is 20.5. The lowest BCUT2D eigenvalue weighted by molar-refractivity contribution is -0.157. The third-order valence-corrected chi connectivity index (χ3v) is 5.63. The minimum absolute atomic E-state index is 0.0699. The topological polar surface area (TPSA) is 146 Å². The van der Waals surface area contributed by atoms with E-state index < -0.39 is 35.8 Å². The smallest absolute Gasteiger partial charge is 0.351 e. The number of hydrogen-bond acceptors (Lipinski definition) is 8. The fourth-order valence-corrected chi connectivity index (χ4v) is 3.88. The van der Waals surface area contributed by atoms with Crippen molar-refractivity contribution in [3.05, 3.63) is 81.0 Å². The molecule has 0 saturated heterocycles. The van der Waals surface area contributed by atoms with Gasteiger partial charge in [0, 0.05) is 6.54 Å². The monoisotopic (exact) mass is 508 g/mol. The molecule has 2 aromatic carbocycles. The van der Waals surface area contributed by atoms with Crippen molar-refractivity contribution in [1.29, 1.82) is 0 Å². The molecule has 1 atom stereocenters. The first-order valence-corrected chi connectivity index (χ1v) is 11.8. The molecule has 1 aromatic heterocycles. The summed E-state index contributed by atoms with van der Waals surface area (Å²) in [4.78, 5) is 54.5. The van der Waals surface area contributed by atoms with Gasteiger partial charge in [-0.15, -0.1) is 0 Å². The lowest BCUT2D eigenvalue weighted by atomic mass is 10.2. The molecule has 11 nitrogen and oxygen atoms in total. The van der Waals surface area contributed by atoms with E-state index in [1.54, 1.807) is 24.3 Å². The molecular formula is C26H28N4O7. The minimum Gasteiger partial charge on any atom is -0.485 e. The van der Waals surface area contributed by atoms with Crippen LogP contribution >= 0.6 is 0 Å². The van der Waals surface area contributed by atoms with Crippen molar-refractivity contribution in [3.63, 3.8) is 0 Å². The third kappa shape index (κ3) is 5.83. The van der Waals surface area contributed by atoms with Gasteiger partial charge in [0.05, 0.1) is 6.54 Å². The third-order valence-electron chi connectivity index (χ3n) is 5.63. The molecule has 1 aliphatic heterocycles. The highest BCUT2D eigenvalue weighted by atomic mass is 16.6. The van der Waals surface area contributed by atoms with Gasteiger partial charge < -0.3 is 24.8 Å². The number of fused-ring (bicyclic) bond motifs is 1. The first kappa shape index (κ1) is 25.5. The number of esters is 1. The van der Waals surface area contributed by atoms with Gasteiger partial charge in [-0.05, 0) is 23.6 Å². The predicted octanol–water partition coefficient (Wildman–Crippen LogP) is 1.54. The number of nitrogens with zero attached hydrogens (tertiary/aromatic N) is 2. The Balaban J connectivity index is 1.54. The van der Waals surface area contributed by atoms with E-state index in [4.69, 9.17) is 19.9 Å². The van der Waals surface area contributed by atoms with Gasteiger partial charge in [-0.2, -0.15) is 0 Å². The van der Waals surface area contributed by atoms with Crippen molar-refractivity contribution in [3.8, 4) is 11.5 Å². The first-order valence-electron chi connectivity index (χ1n) is 11.8. The highest BCUT2D eigenvalue weighted by molar-refractivity contribution is 5.97. The summed E-state index contributed by atoms with van der Waals surface area (Å²) >= 11 is 0. The second-order valence-corrected chi connectivity index (χ2v) is 8.94. The average Bonchev–Trinajstić information content (AvgIpc) is 2.89. The van der Waals surface area contributed by atoms with Crippen molar-refractivity contribution >= 4 is 23.4 Å². The number of amides is 1. The maximum Gasteiger partial charge on any atom is 0.351 e. The van der Waals surface area contributed by atoms with Crippen LogP contribution in [0, 0.1) is 5.92 Å². The highest BCUT2D eigenvalue weighted by Crippen LogP contribution is 2.31. The van der Waals surface area contributed by atoms with Crippen molar-refractivity contribution in [2.24, 2.45) is 5.92 Å². The zero-order chi connectivity index (χ0) is 26.5. The molecule has 0 bridgehead atoms. The van der Waals surface area contributed by atoms with Gasteiger partial charge in [0.15, 0.2) is 23.8 Å². The Labute approximate surface area is 212 Å². The summed E-state index contributed by atoms with van der Waals surface area (Å²) in [6, 6.07) is 16.0. The Morgan fingerprint density at radius 1 is 1.11 bits per heavy atom. The molecule has 3 N–H and O–H groups in total. The molecule has 0 unspecified atom stereocenters. The molecule has 0 aliphatic carbocycles. The summed E-state index contributed by atoms with van der Waals surface area (Å²) in [5, 5.41) is 0. The number of carbonyl (C=O) groups is 2. The number of anilines is 2. The van der Waals surface area contributed by atoms with Crippen LogP contribution in [0.25, 0.3) is 0 Å². The van der Waals surface area contributed by atoms with Crippen LogP contribution in [0.15, 0.2) is 64.2 Å². The number of hydrogen-bond donors (Lipinski definition) is 2. The van der Waals surface area contributed by atoms with E-state index in [-0.39, 0.29) is 37.1 Å². The summed E-state index contributed by atoms with van der Waals surface area (Å²) in [5.74, 6) is -0.808. The molecule has 0 spiro atoms. The number of nitrogens with one attached hydrogen (secondary N) is 1. The molecule has 11 heteroatoms. The number of nitrogens with two attached hydrogens (primary N) is 1. The number of rotatable bonds is 8. The molecule has 0 radical (unpaired) electrons. The van der Waals surface area contributed by atoms with Crippen LogP contribution in [0.4, 0.5) is 11.5 Å². The lowest BCUT2D eigenvalue weighted by Gasteiger charge is -2.27. The van der Waals surface area contributed by atoms with Gasteiger partial charge in [0.2, 0.25) is 6.10 Å². The number of aromatic amines is 1. The quantitative estimate of drug-likeness (QED) is 0.436. The Kier molecular flexibility index (Phi) is 7.61. The Hall–Kier alpha value is -4.54. The molecule has 2 heterocycles. The number of benzene rings is 2. The second kappa shape index (κ2) is 11.0. The molecule has 0 saturated carbocycles. The van der Waals surface area contributed by atoms with Gasteiger partial charge in [-0.25, -0.2) is 9.59 Å². The predicted molar refractivity (Wildman–Crippen MR) is 136 cm³/mol. The number of para-hydroxylation sites is 2. The van der Waals surface area contributed by atoms with Crippen LogP contribution < -0.4 is 31.4 Å². The Morgan fingerprint density at radius 3 is 2.49 bits per heavy atom. The number of H-pyrrole nitrogens is 1. The standard InChI is InChI=1S/C26H28N4O7/c1-16(2)12-29(21(31)15-36-25(33)20-14-35-18-10-6-7-11-19(18)37-20)22-23(27)30(26(34)28-24(22)32)13-17-8-4-3-5-9-17/h3-11,16,20H,12-15,27H2,1-2H3,(H,28,32,34)/t20-/m1/s1. The minimum atomic E-state index is -1.05. The van der Waals surface area contributed by atoms with Crippen LogP contribution in [-0.4, -0.2) is 47.3 Å². The van der Waals surface area contributed by atoms with Crippen molar-refractivity contribution in [1.82, 2.24) is 9.55 Å². The molecular weight excluding hydrogens is 480 g/mol. The summed E-state index contributed by atoms with van der Waals surface area (Å²) in [5.41, 5.74) is 5.35. The summed E-state index contributed by atoms with van der Waals surface area (Å²) < 4.78 is 17.5. The van der Waals surface area contributed by atoms with Crippen molar-refractivity contribution in [2.75, 3.05) is 30.4 Å². The normalized spacial score (nSPS) is 14.3. The van der Waals surface area contributed by atoms with Crippen LogP contribution in [0.2, 0.25) is 0 Å². The summed E-state index contributed by atoms with van der Waals surface area (Å²) in [6.07, 6.45) is -1.05. The molecule has 1 aliphatic rings. The zero-order valence-corrected chi connectivity index (χ0v) is 20.5. The van der Waals surface area contributed by atoms with E-state index in [1.807, 2.05) is 44.2 Å². The van der Waals surface area contributed by atoms with Gasteiger partial charge in [0.1, 0.15) is 12.4 Å². The van der Waals surface area contributed by atoms with E-state index in [9.17, 15) is 19.2 Å². The van der Waals surface area contributed by atoms with Gasteiger partial charge in [-0.3, -0.25) is 19.1 Å². The highest BCUT2D eigenvalue weighted by Gasteiger charge is 2.31. The maximum atomic E-state index is 13.2. The number of ether oxygens (including phenoxy) is 3. The van der Waals surface area contributed by atoms with Crippen LogP contribution in [-0.2, 0) is 20.9 Å². The molecule has 1 amide bonds.